The molecule has 116 valence electrons. The van der Waals surface area contributed by atoms with Crippen LogP contribution in [0.4, 0.5) is 4.79 Å². The van der Waals surface area contributed by atoms with Gasteiger partial charge in [-0.15, -0.1) is 6.58 Å². The molecule has 20 heavy (non-hydrogen) atoms. The van der Waals surface area contributed by atoms with E-state index in [2.05, 4.69) is 11.9 Å². The van der Waals surface area contributed by atoms with Crippen molar-refractivity contribution in [3.8, 4) is 0 Å². The van der Waals surface area contributed by atoms with E-state index in [1.54, 1.807) is 11.9 Å². The number of allylic oxidation sites excluding steroid dienone is 1. The molecule has 0 aliphatic rings. The number of carbonyl (C=O) groups excluding carboxylic acids is 1. The molecule has 0 fully saturated rings. The fraction of sp³-hybridized carbons (Fsp3) is 0.733. The van der Waals surface area contributed by atoms with E-state index in [0.717, 1.165) is 12.8 Å². The number of amides is 2. The Morgan fingerprint density at radius 1 is 1.40 bits per heavy atom. The summed E-state index contributed by atoms with van der Waals surface area (Å²) >= 11 is 0. The topological polar surface area (TPSA) is 69.6 Å². The molecule has 0 bridgehead atoms. The Morgan fingerprint density at radius 3 is 2.45 bits per heavy atom. The monoisotopic (exact) mass is 284 g/mol. The van der Waals surface area contributed by atoms with Gasteiger partial charge < -0.3 is 15.3 Å². The quantitative estimate of drug-likeness (QED) is 0.532. The summed E-state index contributed by atoms with van der Waals surface area (Å²) in [5.74, 6) is -0.895. The molecule has 2 N–H and O–H groups in total. The Bertz CT molecular complexity index is 335. The molecule has 2 amide bonds. The Kier molecular flexibility index (Phi) is 7.96. The maximum absolute atomic E-state index is 12.0. The predicted octanol–water partition coefficient (Wildman–Crippen LogP) is 2.87. The molecule has 0 heterocycles. The zero-order valence-electron chi connectivity index (χ0n) is 13.1. The van der Waals surface area contributed by atoms with Crippen LogP contribution in [0.1, 0.15) is 46.5 Å². The zero-order chi connectivity index (χ0) is 15.8. The summed E-state index contributed by atoms with van der Waals surface area (Å²) < 4.78 is 0. The van der Waals surface area contributed by atoms with Crippen molar-refractivity contribution < 1.29 is 14.7 Å². The number of aliphatic carboxylic acids is 1. The number of unbranched alkanes of at least 4 members (excludes halogenated alkanes) is 1. The van der Waals surface area contributed by atoms with Gasteiger partial charge in [0, 0.05) is 19.6 Å². The van der Waals surface area contributed by atoms with Crippen LogP contribution in [0.3, 0.4) is 0 Å². The lowest BCUT2D eigenvalue weighted by molar-refractivity contribution is -0.137. The van der Waals surface area contributed by atoms with Crippen LogP contribution in [0.25, 0.3) is 0 Å². The Morgan fingerprint density at radius 2 is 2.00 bits per heavy atom. The van der Waals surface area contributed by atoms with Crippen LogP contribution in [-0.4, -0.2) is 41.6 Å². The first-order valence-corrected chi connectivity index (χ1v) is 7.00. The fourth-order valence-corrected chi connectivity index (χ4v) is 1.98. The highest BCUT2D eigenvalue weighted by atomic mass is 16.4. The summed E-state index contributed by atoms with van der Waals surface area (Å²) in [4.78, 5) is 24.5. The summed E-state index contributed by atoms with van der Waals surface area (Å²) in [5.41, 5.74) is -0.0329. The largest absolute Gasteiger partial charge is 0.481 e. The van der Waals surface area contributed by atoms with Crippen molar-refractivity contribution in [2.24, 2.45) is 5.41 Å². The average molecular weight is 284 g/mol. The number of nitrogens with one attached hydrogen (secondary N) is 1. The van der Waals surface area contributed by atoms with Crippen LogP contribution in [0, 0.1) is 5.41 Å². The van der Waals surface area contributed by atoms with Crippen molar-refractivity contribution in [3.63, 3.8) is 0 Å². The molecule has 0 aliphatic heterocycles. The smallest absolute Gasteiger partial charge is 0.317 e. The second-order valence-corrected chi connectivity index (χ2v) is 6.36. The van der Waals surface area contributed by atoms with Crippen molar-refractivity contribution in [2.75, 3.05) is 13.6 Å². The molecule has 1 unspecified atom stereocenters. The third-order valence-corrected chi connectivity index (χ3v) is 2.86. The zero-order valence-corrected chi connectivity index (χ0v) is 13.1. The van der Waals surface area contributed by atoms with Gasteiger partial charge in [0.15, 0.2) is 0 Å². The van der Waals surface area contributed by atoms with Crippen LogP contribution < -0.4 is 5.32 Å². The highest BCUT2D eigenvalue weighted by Gasteiger charge is 2.23. The first-order valence-electron chi connectivity index (χ1n) is 7.00. The van der Waals surface area contributed by atoms with Crippen molar-refractivity contribution in [1.82, 2.24) is 10.2 Å². The Hall–Kier alpha value is -1.52. The normalized spacial score (nSPS) is 12.6. The van der Waals surface area contributed by atoms with Crippen LogP contribution in [0.5, 0.6) is 0 Å². The van der Waals surface area contributed by atoms with Gasteiger partial charge in [-0.3, -0.25) is 4.79 Å². The molecule has 5 nitrogen and oxygen atoms in total. The van der Waals surface area contributed by atoms with E-state index in [4.69, 9.17) is 5.11 Å². The van der Waals surface area contributed by atoms with Gasteiger partial charge in [-0.1, -0.05) is 26.8 Å². The van der Waals surface area contributed by atoms with Crippen molar-refractivity contribution in [1.29, 1.82) is 0 Å². The number of hydrogen-bond donors (Lipinski definition) is 2. The first-order chi connectivity index (χ1) is 9.15. The van der Waals surface area contributed by atoms with Gasteiger partial charge in [0.1, 0.15) is 0 Å². The summed E-state index contributed by atoms with van der Waals surface area (Å²) in [7, 11) is 1.72. The average Bonchev–Trinajstić information content (AvgIpc) is 2.25. The van der Waals surface area contributed by atoms with E-state index in [0.29, 0.717) is 13.0 Å². The number of rotatable bonds is 8. The minimum atomic E-state index is -0.895. The number of urea groups is 1. The Balaban J connectivity index is 4.43. The molecule has 0 saturated carbocycles. The molecule has 0 saturated heterocycles. The van der Waals surface area contributed by atoms with E-state index in [9.17, 15) is 9.59 Å². The summed E-state index contributed by atoms with van der Waals surface area (Å²) in [6.07, 6.45) is 4.11. The summed E-state index contributed by atoms with van der Waals surface area (Å²) in [5, 5.41) is 11.7. The van der Waals surface area contributed by atoms with Gasteiger partial charge >= 0.3 is 12.0 Å². The van der Waals surface area contributed by atoms with E-state index in [1.807, 2.05) is 26.8 Å². The van der Waals surface area contributed by atoms with Gasteiger partial charge in [-0.25, -0.2) is 4.79 Å². The lowest BCUT2D eigenvalue weighted by Gasteiger charge is -2.28. The van der Waals surface area contributed by atoms with Gasteiger partial charge in [-0.05, 0) is 24.7 Å². The Labute approximate surface area is 122 Å². The summed E-state index contributed by atoms with van der Waals surface area (Å²) in [6, 6.07) is -0.564. The molecule has 5 heteroatoms. The van der Waals surface area contributed by atoms with Crippen LogP contribution in [-0.2, 0) is 4.79 Å². The molecule has 0 aromatic carbocycles. The molecule has 0 spiro atoms. The molecule has 0 aliphatic carbocycles. The SMILES string of the molecule is C=CCCCN(C)C(=O)NC(CC(=O)O)CC(C)(C)C. The number of hydrogen-bond acceptors (Lipinski definition) is 2. The maximum Gasteiger partial charge on any atom is 0.317 e. The van der Waals surface area contributed by atoms with Gasteiger partial charge in [-0.2, -0.15) is 0 Å². The minimum Gasteiger partial charge on any atom is -0.481 e. The third kappa shape index (κ3) is 9.42. The van der Waals surface area contributed by atoms with E-state index < -0.39 is 5.97 Å². The maximum atomic E-state index is 12.0. The third-order valence-electron chi connectivity index (χ3n) is 2.86. The first kappa shape index (κ1) is 18.5. The van der Waals surface area contributed by atoms with Gasteiger partial charge in [0.05, 0.1) is 6.42 Å². The molecule has 0 radical (unpaired) electrons. The van der Waals surface area contributed by atoms with Crippen molar-refractivity contribution >= 4 is 12.0 Å². The highest BCUT2D eigenvalue weighted by Crippen LogP contribution is 2.22. The van der Waals surface area contributed by atoms with Gasteiger partial charge in [0.25, 0.3) is 0 Å². The standard InChI is InChI=1S/C15H28N2O3/c1-6-7-8-9-17(5)14(20)16-12(10-13(18)19)11-15(2,3)4/h6,12H,1,7-11H2,2-5H3,(H,16,20)(H,18,19). The number of carboxylic acids is 1. The van der Waals surface area contributed by atoms with Crippen molar-refractivity contribution in [2.45, 2.75) is 52.5 Å². The lowest BCUT2D eigenvalue weighted by atomic mass is 9.87. The van der Waals surface area contributed by atoms with E-state index in [1.165, 1.54) is 0 Å². The molecular weight excluding hydrogens is 256 g/mol. The van der Waals surface area contributed by atoms with Gasteiger partial charge in [0.2, 0.25) is 0 Å². The number of carboxylic acid groups (broad SMARTS) is 1. The predicted molar refractivity (Wildman–Crippen MR) is 80.7 cm³/mol. The second kappa shape index (κ2) is 8.61. The molecular formula is C15H28N2O3. The number of carbonyl (C=O) groups is 2. The van der Waals surface area contributed by atoms with Crippen molar-refractivity contribution in [3.05, 3.63) is 12.7 Å². The molecule has 1 atom stereocenters. The molecule has 0 aromatic heterocycles. The highest BCUT2D eigenvalue weighted by molar-refractivity contribution is 5.75. The second-order valence-electron chi connectivity index (χ2n) is 6.36. The van der Waals surface area contributed by atoms with E-state index >= 15 is 0 Å². The molecule has 0 rings (SSSR count). The van der Waals surface area contributed by atoms with E-state index in [-0.39, 0.29) is 23.9 Å². The molecule has 0 aromatic rings. The number of nitrogens with zero attached hydrogens (tertiary/aromatic N) is 1. The lowest BCUT2D eigenvalue weighted by Crippen LogP contribution is -2.45. The van der Waals surface area contributed by atoms with Crippen LogP contribution in [0.15, 0.2) is 12.7 Å². The minimum absolute atomic E-state index is 0.0329. The van der Waals surface area contributed by atoms with Crippen LogP contribution >= 0.6 is 0 Å². The summed E-state index contributed by atoms with van der Waals surface area (Å²) in [6.45, 7) is 10.4. The fourth-order valence-electron chi connectivity index (χ4n) is 1.98. The van der Waals surface area contributed by atoms with Crippen LogP contribution in [0.2, 0.25) is 0 Å².